The molecule has 1 amide bonds. The first kappa shape index (κ1) is 38.4. The molecule has 0 aromatic heterocycles. The van der Waals surface area contributed by atoms with E-state index in [0.717, 1.165) is 26.2 Å². The van der Waals surface area contributed by atoms with Crippen molar-refractivity contribution in [3.8, 4) is 0 Å². The third kappa shape index (κ3) is 6.09. The second-order valence-electron chi connectivity index (χ2n) is 15.6. The largest absolute Gasteiger partial charge is 0.459 e. The van der Waals surface area contributed by atoms with Crippen LogP contribution in [-0.2, 0) is 33.3 Å². The smallest absolute Gasteiger partial charge is 0.407 e. The van der Waals surface area contributed by atoms with Gasteiger partial charge in [-0.2, -0.15) is 0 Å². The Morgan fingerprint density at radius 2 is 1.74 bits per heavy atom. The topological polar surface area (TPSA) is 218 Å². The normalized spacial score (nSPS) is 39.5. The fourth-order valence-corrected chi connectivity index (χ4v) is 9.50. The molecule has 0 spiro atoms. The summed E-state index contributed by atoms with van der Waals surface area (Å²) in [7, 11) is 0. The summed E-state index contributed by atoms with van der Waals surface area (Å²) < 4.78 is 22.5. The fourth-order valence-electron chi connectivity index (χ4n) is 9.50. The van der Waals surface area contributed by atoms with Gasteiger partial charge in [-0.1, -0.05) is 45.3 Å². The second kappa shape index (κ2) is 13.9. The Labute approximate surface area is 292 Å². The summed E-state index contributed by atoms with van der Waals surface area (Å²) >= 11 is 0. The lowest BCUT2D eigenvalue weighted by atomic mass is 9.45. The zero-order valence-electron chi connectivity index (χ0n) is 29.7. The average molecular weight is 708 g/mol. The molecule has 0 aromatic carbocycles. The van der Waals surface area contributed by atoms with Crippen LogP contribution in [0.2, 0.25) is 0 Å². The summed E-state index contributed by atoms with van der Waals surface area (Å²) in [6, 6.07) is -1.06. The molecule has 5 rings (SSSR count). The summed E-state index contributed by atoms with van der Waals surface area (Å²) in [6.07, 6.45) is -3.26. The maximum absolute atomic E-state index is 14.4. The molecule has 50 heavy (non-hydrogen) atoms. The molecule has 14 nitrogen and oxygen atoms in total. The lowest BCUT2D eigenvalue weighted by Gasteiger charge is -2.66. The van der Waals surface area contributed by atoms with E-state index in [1.54, 1.807) is 32.9 Å². The predicted molar refractivity (Wildman–Crippen MR) is 175 cm³/mol. The standard InChI is InChI=1S/C36H53NO13/c1-7-8-14-47-32(44)37-25(20-12-10-9-11-13-20)27(41)31(43)50-21-16-36(46)30(49-19(3)38)28-34(6,22(39)15-23-35(28,45)17-48-23)29(42)26(40)24(18(21)2)33(36,4)5/h7-8,20-23,25-28,30,39-41,45-46H,9-17H2,1-6H3,(H,37,44)/b8-7+/t21?,22-,23+,25-,26+,27+,28-,30-,34+,35-,36+/m0/s1. The van der Waals surface area contributed by atoms with Gasteiger partial charge in [-0.25, -0.2) is 9.59 Å². The highest BCUT2D eigenvalue weighted by atomic mass is 16.6. The SMILES string of the molecule is C/C=C/COC(=O)N[C@@H](C1CCCCC1)[C@@H](O)C(=O)OC1C[C@@]2(O)[C@@H](OC(C)=O)[C@@H]3[C@]4(O)CO[C@@H]4C[C@H](O)[C@@]3(C)C(=O)[C@H](O)C(=C1C)C2(C)C. The van der Waals surface area contributed by atoms with Crippen molar-refractivity contribution in [2.45, 2.75) is 140 Å². The number of carbonyl (C=O) groups is 4. The summed E-state index contributed by atoms with van der Waals surface area (Å²) in [5.74, 6) is -4.52. The zero-order valence-corrected chi connectivity index (χ0v) is 29.7. The number of Topliss-reactive ketones (excluding diaryl/α,β-unsaturated/α-hetero) is 1. The van der Waals surface area contributed by atoms with Crippen molar-refractivity contribution in [2.24, 2.45) is 22.7 Å². The van der Waals surface area contributed by atoms with Crippen molar-refractivity contribution in [3.63, 3.8) is 0 Å². The first-order valence-electron chi connectivity index (χ1n) is 17.6. The number of allylic oxidation sites excluding steroid dienone is 1. The number of hydrogen-bond donors (Lipinski definition) is 6. The lowest BCUT2D eigenvalue weighted by molar-refractivity contribution is -0.345. The second-order valence-corrected chi connectivity index (χ2v) is 15.6. The molecule has 1 unspecified atom stereocenters. The Bertz CT molecular complexity index is 1420. The van der Waals surface area contributed by atoms with Crippen LogP contribution in [0.4, 0.5) is 4.79 Å². The molecule has 5 aliphatic rings. The molecular weight excluding hydrogens is 654 g/mol. The number of aliphatic hydroxyl groups is 5. The van der Waals surface area contributed by atoms with Gasteiger partial charge in [0.2, 0.25) is 0 Å². The van der Waals surface area contributed by atoms with Gasteiger partial charge in [0, 0.05) is 31.1 Å². The minimum absolute atomic E-state index is 0.000974. The Hall–Kier alpha value is -2.88. The van der Waals surface area contributed by atoms with Crippen LogP contribution in [0.5, 0.6) is 0 Å². The third-order valence-corrected chi connectivity index (χ3v) is 12.5. The van der Waals surface area contributed by atoms with Crippen LogP contribution in [0.15, 0.2) is 23.3 Å². The molecule has 11 atom stereocenters. The summed E-state index contributed by atoms with van der Waals surface area (Å²) in [4.78, 5) is 53.7. The highest BCUT2D eigenvalue weighted by Gasteiger charge is 2.76. The highest BCUT2D eigenvalue weighted by Crippen LogP contribution is 2.63. The molecule has 1 heterocycles. The van der Waals surface area contributed by atoms with Crippen molar-refractivity contribution in [3.05, 3.63) is 23.3 Å². The summed E-state index contributed by atoms with van der Waals surface area (Å²) in [6.45, 7) is 8.65. The minimum atomic E-state index is -2.21. The van der Waals surface area contributed by atoms with Crippen molar-refractivity contribution < 1.29 is 63.7 Å². The maximum Gasteiger partial charge on any atom is 0.407 e. The van der Waals surface area contributed by atoms with E-state index in [0.29, 0.717) is 12.8 Å². The van der Waals surface area contributed by atoms with Crippen LogP contribution < -0.4 is 5.32 Å². The highest BCUT2D eigenvalue weighted by molar-refractivity contribution is 5.93. The Kier molecular flexibility index (Phi) is 10.7. The molecule has 2 bridgehead atoms. The molecule has 6 N–H and O–H groups in total. The van der Waals surface area contributed by atoms with Gasteiger partial charge in [0.25, 0.3) is 0 Å². The monoisotopic (exact) mass is 707 g/mol. The van der Waals surface area contributed by atoms with E-state index >= 15 is 0 Å². The van der Waals surface area contributed by atoms with Gasteiger partial charge in [0.05, 0.1) is 30.3 Å². The van der Waals surface area contributed by atoms with Crippen LogP contribution >= 0.6 is 0 Å². The van der Waals surface area contributed by atoms with Gasteiger partial charge in [-0.15, -0.1) is 0 Å². The Morgan fingerprint density at radius 1 is 1.08 bits per heavy atom. The first-order chi connectivity index (χ1) is 23.4. The number of esters is 2. The molecule has 1 saturated heterocycles. The minimum Gasteiger partial charge on any atom is -0.459 e. The Balaban J connectivity index is 1.55. The van der Waals surface area contributed by atoms with Gasteiger partial charge >= 0.3 is 18.0 Å². The van der Waals surface area contributed by atoms with E-state index in [1.165, 1.54) is 13.8 Å². The summed E-state index contributed by atoms with van der Waals surface area (Å²) in [5, 5.41) is 62.3. The number of carbonyl (C=O) groups excluding carboxylic acids is 4. The van der Waals surface area contributed by atoms with Crippen molar-refractivity contribution in [1.82, 2.24) is 5.32 Å². The number of ether oxygens (including phenoxy) is 4. The van der Waals surface area contributed by atoms with E-state index in [-0.39, 0.29) is 36.7 Å². The lowest BCUT2D eigenvalue weighted by Crippen LogP contribution is -2.81. The Morgan fingerprint density at radius 3 is 2.32 bits per heavy atom. The predicted octanol–water partition coefficient (Wildman–Crippen LogP) is 1.38. The van der Waals surface area contributed by atoms with E-state index in [1.807, 2.05) is 0 Å². The quantitative estimate of drug-likeness (QED) is 0.120. The molecule has 4 fully saturated rings. The van der Waals surface area contributed by atoms with Crippen LogP contribution in [0.3, 0.4) is 0 Å². The molecule has 14 heteroatoms. The van der Waals surface area contributed by atoms with Gasteiger partial charge in [0.15, 0.2) is 11.9 Å². The number of ketones is 1. The number of hydrogen-bond acceptors (Lipinski definition) is 13. The van der Waals surface area contributed by atoms with Crippen molar-refractivity contribution >= 4 is 23.8 Å². The van der Waals surface area contributed by atoms with Crippen LogP contribution in [0, 0.1) is 22.7 Å². The average Bonchev–Trinajstić information content (AvgIpc) is 3.05. The van der Waals surface area contributed by atoms with Crippen LogP contribution in [0.25, 0.3) is 0 Å². The number of alkyl carbamates (subject to hydrolysis) is 1. The summed E-state index contributed by atoms with van der Waals surface area (Å²) in [5.41, 5.74) is -7.22. The molecule has 3 saturated carbocycles. The van der Waals surface area contributed by atoms with Crippen molar-refractivity contribution in [1.29, 1.82) is 0 Å². The van der Waals surface area contributed by atoms with Gasteiger partial charge in [-0.3, -0.25) is 9.59 Å². The number of aliphatic hydroxyl groups excluding tert-OH is 3. The third-order valence-electron chi connectivity index (χ3n) is 12.5. The van der Waals surface area contributed by atoms with E-state index in [9.17, 15) is 44.7 Å². The number of rotatable bonds is 8. The van der Waals surface area contributed by atoms with E-state index in [2.05, 4.69) is 5.32 Å². The van der Waals surface area contributed by atoms with Gasteiger partial charge < -0.3 is 49.8 Å². The van der Waals surface area contributed by atoms with Gasteiger partial charge in [-0.05, 0) is 50.7 Å². The molecular formula is C36H53NO13. The molecule has 0 aromatic rings. The maximum atomic E-state index is 14.4. The number of amides is 1. The van der Waals surface area contributed by atoms with Crippen molar-refractivity contribution in [2.75, 3.05) is 13.2 Å². The zero-order chi connectivity index (χ0) is 37.0. The molecule has 4 aliphatic carbocycles. The molecule has 0 radical (unpaired) electrons. The van der Waals surface area contributed by atoms with Crippen LogP contribution in [0.1, 0.15) is 86.5 Å². The van der Waals surface area contributed by atoms with E-state index < -0.39 is 101 Å². The molecule has 280 valence electrons. The van der Waals surface area contributed by atoms with E-state index in [4.69, 9.17) is 18.9 Å². The van der Waals surface area contributed by atoms with Crippen LogP contribution in [-0.4, -0.2) is 116 Å². The fraction of sp³-hybridized carbons (Fsp3) is 0.778. The first-order valence-corrected chi connectivity index (χ1v) is 17.6. The molecule has 1 aliphatic heterocycles. The number of nitrogens with one attached hydrogen (secondary N) is 1. The van der Waals surface area contributed by atoms with Gasteiger partial charge in [0.1, 0.15) is 36.1 Å². The number of fused-ring (bicyclic) bond motifs is 5.